The number of rotatable bonds is 6. The monoisotopic (exact) mass is 276 g/mol. The molecular formula is C13H24O6. The molecule has 1 saturated carbocycles. The maximum absolute atomic E-state index is 9.79. The van der Waals surface area contributed by atoms with Crippen LogP contribution in [-0.4, -0.2) is 45.6 Å². The molecule has 0 atom stereocenters. The van der Waals surface area contributed by atoms with Crippen LogP contribution in [-0.2, 0) is 9.59 Å². The molecule has 0 spiro atoms. The number of aliphatic carboxylic acids is 2. The highest BCUT2D eigenvalue weighted by Crippen LogP contribution is 2.27. The first-order valence-corrected chi connectivity index (χ1v) is 6.64. The molecule has 1 fully saturated rings. The molecule has 112 valence electrons. The van der Waals surface area contributed by atoms with Crippen molar-refractivity contribution < 1.29 is 30.0 Å². The van der Waals surface area contributed by atoms with Crippen molar-refractivity contribution in [1.82, 2.24) is 0 Å². The quantitative estimate of drug-likeness (QED) is 0.577. The van der Waals surface area contributed by atoms with Crippen LogP contribution in [0.2, 0.25) is 0 Å². The number of carboxylic acids is 2. The van der Waals surface area contributed by atoms with E-state index in [2.05, 4.69) is 0 Å². The second-order valence-corrected chi connectivity index (χ2v) is 4.89. The summed E-state index contributed by atoms with van der Waals surface area (Å²) < 4.78 is 0. The molecule has 0 amide bonds. The Morgan fingerprint density at radius 2 is 1.11 bits per heavy atom. The first kappa shape index (κ1) is 17.9. The zero-order valence-electron chi connectivity index (χ0n) is 11.1. The van der Waals surface area contributed by atoms with Gasteiger partial charge < -0.3 is 20.4 Å². The van der Waals surface area contributed by atoms with Gasteiger partial charge in [0.15, 0.2) is 0 Å². The largest absolute Gasteiger partial charge is 0.481 e. The molecule has 6 nitrogen and oxygen atoms in total. The summed E-state index contributed by atoms with van der Waals surface area (Å²) in [5, 5.41) is 33.6. The Morgan fingerprint density at radius 3 is 1.32 bits per heavy atom. The van der Waals surface area contributed by atoms with E-state index >= 15 is 0 Å². The summed E-state index contributed by atoms with van der Waals surface area (Å²) >= 11 is 0. The van der Waals surface area contributed by atoms with Crippen LogP contribution >= 0.6 is 0 Å². The van der Waals surface area contributed by atoms with Crippen LogP contribution in [0, 0.1) is 11.8 Å². The molecule has 6 heteroatoms. The minimum atomic E-state index is -0.948. The van der Waals surface area contributed by atoms with E-state index in [1.54, 1.807) is 0 Å². The Bertz CT molecular complexity index is 232. The lowest BCUT2D eigenvalue weighted by atomic mass is 9.83. The molecule has 0 aromatic rings. The standard InChI is InChI=1S/C8H16O2.C5H8O4/c9-5-7-1-2-8(6-10)4-3-7;6-4(7)2-1-3-5(8)9/h7-10H,1-6H2;1-3H2,(H,6,7)(H,8,9). The van der Waals surface area contributed by atoms with Crippen molar-refractivity contribution in [2.24, 2.45) is 11.8 Å². The topological polar surface area (TPSA) is 115 Å². The van der Waals surface area contributed by atoms with E-state index in [1.165, 1.54) is 0 Å². The molecule has 4 N–H and O–H groups in total. The summed E-state index contributed by atoms with van der Waals surface area (Å²) in [7, 11) is 0. The summed E-state index contributed by atoms with van der Waals surface area (Å²) in [6.45, 7) is 0.663. The summed E-state index contributed by atoms with van der Waals surface area (Å²) in [5.74, 6) is -0.863. The number of carboxylic acid groups (broad SMARTS) is 2. The van der Waals surface area contributed by atoms with Gasteiger partial charge in [0.2, 0.25) is 0 Å². The molecular weight excluding hydrogens is 252 g/mol. The SMILES string of the molecule is O=C(O)CCCC(=O)O.OCC1CCC(CO)CC1. The summed E-state index contributed by atoms with van der Waals surface area (Å²) in [6, 6.07) is 0. The van der Waals surface area contributed by atoms with E-state index in [9.17, 15) is 9.59 Å². The highest BCUT2D eigenvalue weighted by atomic mass is 16.4. The fraction of sp³-hybridized carbons (Fsp3) is 0.846. The van der Waals surface area contributed by atoms with Crippen LogP contribution in [0.3, 0.4) is 0 Å². The van der Waals surface area contributed by atoms with Crippen molar-refractivity contribution in [2.75, 3.05) is 13.2 Å². The first-order valence-electron chi connectivity index (χ1n) is 6.64. The van der Waals surface area contributed by atoms with Gasteiger partial charge in [0.05, 0.1) is 0 Å². The Morgan fingerprint density at radius 1 is 0.789 bits per heavy atom. The van der Waals surface area contributed by atoms with Gasteiger partial charge in [0, 0.05) is 26.1 Å². The van der Waals surface area contributed by atoms with Crippen molar-refractivity contribution in [3.63, 3.8) is 0 Å². The lowest BCUT2D eigenvalue weighted by Gasteiger charge is -2.25. The third-order valence-corrected chi connectivity index (χ3v) is 3.26. The van der Waals surface area contributed by atoms with Crippen molar-refractivity contribution in [3.8, 4) is 0 Å². The zero-order chi connectivity index (χ0) is 14.7. The zero-order valence-corrected chi connectivity index (χ0v) is 11.1. The number of hydrogen-bond acceptors (Lipinski definition) is 4. The number of aliphatic hydroxyl groups is 2. The van der Waals surface area contributed by atoms with Crippen LogP contribution in [0.15, 0.2) is 0 Å². The summed E-state index contributed by atoms with van der Waals surface area (Å²) in [6.07, 6.45) is 4.48. The van der Waals surface area contributed by atoms with E-state index in [0.29, 0.717) is 25.0 Å². The van der Waals surface area contributed by atoms with Crippen molar-refractivity contribution in [3.05, 3.63) is 0 Å². The predicted molar refractivity (Wildman–Crippen MR) is 68.7 cm³/mol. The van der Waals surface area contributed by atoms with E-state index in [4.69, 9.17) is 20.4 Å². The van der Waals surface area contributed by atoms with Gasteiger partial charge in [-0.25, -0.2) is 0 Å². The van der Waals surface area contributed by atoms with Crippen LogP contribution in [0.4, 0.5) is 0 Å². The fourth-order valence-corrected chi connectivity index (χ4v) is 1.99. The average Bonchev–Trinajstić information content (AvgIpc) is 2.38. The van der Waals surface area contributed by atoms with Gasteiger partial charge in [-0.15, -0.1) is 0 Å². The molecule has 0 unspecified atom stereocenters. The van der Waals surface area contributed by atoms with E-state index < -0.39 is 11.9 Å². The third-order valence-electron chi connectivity index (χ3n) is 3.26. The predicted octanol–water partition coefficient (Wildman–Crippen LogP) is 1.10. The maximum Gasteiger partial charge on any atom is 0.303 e. The van der Waals surface area contributed by atoms with Crippen LogP contribution in [0.5, 0.6) is 0 Å². The van der Waals surface area contributed by atoms with Gasteiger partial charge in [-0.2, -0.15) is 0 Å². The van der Waals surface area contributed by atoms with Gasteiger partial charge >= 0.3 is 11.9 Å². The molecule has 0 aliphatic heterocycles. The summed E-state index contributed by atoms with van der Waals surface area (Å²) in [5.41, 5.74) is 0. The van der Waals surface area contributed by atoms with Gasteiger partial charge in [-0.05, 0) is 43.9 Å². The van der Waals surface area contributed by atoms with E-state index in [1.807, 2.05) is 0 Å². The minimum absolute atomic E-state index is 0.0632. The first-order chi connectivity index (χ1) is 8.99. The van der Waals surface area contributed by atoms with Crippen LogP contribution < -0.4 is 0 Å². The van der Waals surface area contributed by atoms with Gasteiger partial charge in [-0.3, -0.25) is 9.59 Å². The van der Waals surface area contributed by atoms with Crippen molar-refractivity contribution in [2.45, 2.75) is 44.9 Å². The Kier molecular flexibility index (Phi) is 10.1. The Balaban J connectivity index is 0.000000344. The van der Waals surface area contributed by atoms with Crippen molar-refractivity contribution in [1.29, 1.82) is 0 Å². The molecule has 0 aromatic carbocycles. The van der Waals surface area contributed by atoms with Crippen LogP contribution in [0.25, 0.3) is 0 Å². The lowest BCUT2D eigenvalue weighted by Crippen LogP contribution is -2.19. The van der Waals surface area contributed by atoms with Crippen LogP contribution in [0.1, 0.15) is 44.9 Å². The number of hydrogen-bond donors (Lipinski definition) is 4. The lowest BCUT2D eigenvalue weighted by molar-refractivity contribution is -0.138. The molecule has 1 aliphatic rings. The second kappa shape index (κ2) is 10.8. The molecule has 0 bridgehead atoms. The number of aliphatic hydroxyl groups excluding tert-OH is 2. The normalized spacial score (nSPS) is 22.2. The minimum Gasteiger partial charge on any atom is -0.481 e. The molecule has 1 rings (SSSR count). The van der Waals surface area contributed by atoms with Gasteiger partial charge in [0.25, 0.3) is 0 Å². The van der Waals surface area contributed by atoms with Gasteiger partial charge in [0.1, 0.15) is 0 Å². The molecule has 0 heterocycles. The molecule has 0 saturated heterocycles. The Hall–Kier alpha value is -1.14. The molecule has 19 heavy (non-hydrogen) atoms. The van der Waals surface area contributed by atoms with E-state index in [-0.39, 0.29) is 19.3 Å². The van der Waals surface area contributed by atoms with E-state index in [0.717, 1.165) is 25.7 Å². The fourth-order valence-electron chi connectivity index (χ4n) is 1.99. The second-order valence-electron chi connectivity index (χ2n) is 4.89. The third kappa shape index (κ3) is 10.5. The molecule has 0 radical (unpaired) electrons. The smallest absolute Gasteiger partial charge is 0.303 e. The van der Waals surface area contributed by atoms with Crippen molar-refractivity contribution >= 4 is 11.9 Å². The number of carbonyl (C=O) groups is 2. The average molecular weight is 276 g/mol. The van der Waals surface area contributed by atoms with Gasteiger partial charge in [-0.1, -0.05) is 0 Å². The Labute approximate surface area is 113 Å². The summed E-state index contributed by atoms with van der Waals surface area (Å²) in [4.78, 5) is 19.6. The highest BCUT2D eigenvalue weighted by Gasteiger charge is 2.19. The molecule has 1 aliphatic carbocycles. The maximum atomic E-state index is 9.79. The highest BCUT2D eigenvalue weighted by molar-refractivity contribution is 5.69. The molecule has 0 aromatic heterocycles.